The van der Waals surface area contributed by atoms with Crippen LogP contribution in [0.4, 0.5) is 49.7 Å². The zero-order valence-corrected chi connectivity index (χ0v) is 37.9. The molecule has 1 fully saturated rings. The van der Waals surface area contributed by atoms with Crippen molar-refractivity contribution in [2.75, 3.05) is 17.2 Å². The van der Waals surface area contributed by atoms with E-state index in [0.717, 1.165) is 18.4 Å². The van der Waals surface area contributed by atoms with Gasteiger partial charge in [-0.1, -0.05) is 47.9 Å². The summed E-state index contributed by atoms with van der Waals surface area (Å²) in [5.41, 5.74) is -5.13. The SMILES string of the molecule is CC(C)(C#Cc1nc([C@H](Cc2cc(F)cc(F)c2)NC(=O)Cn2nc(C(F)(F)F)c3c2C(F)(F)[C@@H]2CC32)c(-c2ccc(Cl)c3c(NS(C)(=O)=O)nn(CC(F)(F)F)c23)c2ccccc12)S(C)(=O)=O. The highest BCUT2D eigenvalue weighted by Gasteiger charge is 2.68. The summed E-state index contributed by atoms with van der Waals surface area (Å²) >= 11 is 6.57. The average molecular weight is 1020 g/mol. The first kappa shape index (κ1) is 48.5. The molecule has 0 spiro atoms. The minimum atomic E-state index is -5.20. The predicted molar refractivity (Wildman–Crippen MR) is 229 cm³/mol. The van der Waals surface area contributed by atoms with Gasteiger partial charge in [-0.2, -0.15) is 45.3 Å². The second kappa shape index (κ2) is 16.4. The molecule has 3 atom stereocenters. The van der Waals surface area contributed by atoms with Gasteiger partial charge < -0.3 is 5.32 Å². The van der Waals surface area contributed by atoms with Crippen LogP contribution in [0.2, 0.25) is 5.02 Å². The highest BCUT2D eigenvalue weighted by molar-refractivity contribution is 7.92. The maximum Gasteiger partial charge on any atom is 0.435 e. The summed E-state index contributed by atoms with van der Waals surface area (Å²) in [6.45, 7) is -0.544. The molecule has 360 valence electrons. The lowest BCUT2D eigenvalue weighted by molar-refractivity contribution is -0.142. The molecule has 1 amide bonds. The maximum atomic E-state index is 15.6. The molecule has 2 aliphatic carbocycles. The van der Waals surface area contributed by atoms with Crippen molar-refractivity contribution in [2.24, 2.45) is 5.92 Å². The Labute approximate surface area is 385 Å². The van der Waals surface area contributed by atoms with E-state index in [4.69, 9.17) is 16.6 Å². The summed E-state index contributed by atoms with van der Waals surface area (Å²) in [4.78, 5) is 19.0. The van der Waals surface area contributed by atoms with Gasteiger partial charge in [0.2, 0.25) is 15.9 Å². The fourth-order valence-electron chi connectivity index (χ4n) is 8.38. The zero-order chi connectivity index (χ0) is 49.8. The third-order valence-corrected chi connectivity index (χ3v) is 14.4. The Hall–Kier alpha value is -5.93. The van der Waals surface area contributed by atoms with Crippen LogP contribution in [-0.4, -0.2) is 70.7 Å². The number of benzene rings is 3. The quantitative estimate of drug-likeness (QED) is 0.0964. The summed E-state index contributed by atoms with van der Waals surface area (Å²) in [5, 5.41) is 9.38. The Morgan fingerprint density at radius 3 is 2.19 bits per heavy atom. The molecule has 0 bridgehead atoms. The number of nitrogens with one attached hydrogen (secondary N) is 2. The van der Waals surface area contributed by atoms with Gasteiger partial charge >= 0.3 is 12.4 Å². The third kappa shape index (κ3) is 9.18. The number of carbonyl (C=O) groups excluding carboxylic acids is 1. The average Bonchev–Trinajstić information content (AvgIpc) is 3.72. The number of pyridine rings is 1. The number of anilines is 1. The number of hydrogen-bond acceptors (Lipinski definition) is 8. The van der Waals surface area contributed by atoms with Crippen LogP contribution in [0.5, 0.6) is 0 Å². The number of halogens is 11. The van der Waals surface area contributed by atoms with Crippen LogP contribution >= 0.6 is 11.6 Å². The number of aromatic nitrogens is 5. The van der Waals surface area contributed by atoms with Crippen molar-refractivity contribution in [1.82, 2.24) is 29.9 Å². The number of fused-ring (bicyclic) bond motifs is 5. The minimum Gasteiger partial charge on any atom is -0.346 e. The molecule has 3 aromatic carbocycles. The van der Waals surface area contributed by atoms with Gasteiger partial charge in [-0.25, -0.2) is 30.6 Å². The minimum absolute atomic E-state index is 0.0724. The number of sulfonamides is 1. The molecule has 6 aromatic rings. The van der Waals surface area contributed by atoms with Gasteiger partial charge in [-0.15, -0.1) is 0 Å². The first-order valence-electron chi connectivity index (χ1n) is 20.0. The summed E-state index contributed by atoms with van der Waals surface area (Å²) < 4.78 is 198. The van der Waals surface area contributed by atoms with E-state index in [9.17, 15) is 56.8 Å². The van der Waals surface area contributed by atoms with Crippen molar-refractivity contribution in [3.63, 3.8) is 0 Å². The highest BCUT2D eigenvalue weighted by atomic mass is 35.5. The molecule has 0 aliphatic heterocycles. The van der Waals surface area contributed by atoms with Gasteiger partial charge in [-0.3, -0.25) is 18.9 Å². The van der Waals surface area contributed by atoms with E-state index >= 15 is 8.78 Å². The Morgan fingerprint density at radius 1 is 0.941 bits per heavy atom. The maximum absolute atomic E-state index is 15.6. The normalized spacial score (nSPS) is 17.4. The molecule has 0 radical (unpaired) electrons. The first-order valence-corrected chi connectivity index (χ1v) is 24.2. The van der Waals surface area contributed by atoms with Crippen molar-refractivity contribution in [2.45, 2.75) is 74.8 Å². The molecule has 68 heavy (non-hydrogen) atoms. The van der Waals surface area contributed by atoms with Crippen LogP contribution < -0.4 is 10.0 Å². The third-order valence-electron chi connectivity index (χ3n) is 11.6. The van der Waals surface area contributed by atoms with Gasteiger partial charge in [0.15, 0.2) is 21.3 Å². The number of alkyl halides is 8. The van der Waals surface area contributed by atoms with Crippen LogP contribution in [-0.2, 0) is 56.3 Å². The highest BCUT2D eigenvalue weighted by Crippen LogP contribution is 2.68. The first-order chi connectivity index (χ1) is 31.3. The molecule has 8 rings (SSSR count). The van der Waals surface area contributed by atoms with Crippen molar-refractivity contribution in [3.8, 4) is 23.0 Å². The Balaban J connectivity index is 1.42. The van der Waals surface area contributed by atoms with Crippen LogP contribution in [0.1, 0.15) is 66.1 Å². The smallest absolute Gasteiger partial charge is 0.346 e. The molecule has 12 nitrogen and oxygen atoms in total. The van der Waals surface area contributed by atoms with Gasteiger partial charge in [0.05, 0.1) is 33.9 Å². The number of nitrogens with zero attached hydrogens (tertiary/aromatic N) is 5. The number of hydrogen-bond donors (Lipinski definition) is 2. The Morgan fingerprint density at radius 2 is 1.59 bits per heavy atom. The lowest BCUT2D eigenvalue weighted by Gasteiger charge is -2.25. The predicted octanol–water partition coefficient (Wildman–Crippen LogP) is 8.82. The molecule has 25 heteroatoms. The topological polar surface area (TPSA) is 158 Å². The Kier molecular flexibility index (Phi) is 11.7. The van der Waals surface area contributed by atoms with Crippen LogP contribution in [0.25, 0.3) is 32.8 Å². The van der Waals surface area contributed by atoms with Gasteiger partial charge in [-0.05, 0) is 67.7 Å². The van der Waals surface area contributed by atoms with Crippen LogP contribution in [0, 0.1) is 29.4 Å². The molecule has 0 saturated heterocycles. The zero-order valence-electron chi connectivity index (χ0n) is 35.5. The van der Waals surface area contributed by atoms with E-state index in [1.807, 2.05) is 0 Å². The van der Waals surface area contributed by atoms with E-state index in [-0.39, 0.29) is 60.4 Å². The standard InChI is InChI=1S/C43H34ClF10N7O5S2/c1-40(2,67(3,63)64)12-11-29-23-7-5-6-8-24(23)32(25-9-10-28(44)34-36(25)61(19-41(47,48)49)58-39(34)59-68(4,65)66)35(56-29)30(15-20-13-21(45)16-22(46)14-20)55-31(62)18-60-38-33(37(57-60)43(52,53)54)26-17-27(26)42(38,50)51/h5-10,13-14,16,26-27,30H,15,17-19H2,1-4H3,(H,55,62)(H,58,59)/t26?,27-,30+/m1/s1. The molecular weight excluding hydrogens is 984 g/mol. The largest absolute Gasteiger partial charge is 0.435 e. The lowest BCUT2D eigenvalue weighted by Crippen LogP contribution is -2.35. The van der Waals surface area contributed by atoms with Crippen LogP contribution in [0.15, 0.2) is 54.6 Å². The number of amides is 1. The van der Waals surface area contributed by atoms with E-state index in [1.54, 1.807) is 0 Å². The Bertz CT molecular complexity index is 3380. The van der Waals surface area contributed by atoms with Crippen LogP contribution in [0.3, 0.4) is 0 Å². The van der Waals surface area contributed by atoms with E-state index < -0.39 is 126 Å². The second-order valence-corrected chi connectivity index (χ2v) is 21.8. The van der Waals surface area contributed by atoms with E-state index in [0.29, 0.717) is 17.0 Å². The molecule has 2 aliphatic rings. The fraction of sp³-hybridized carbons (Fsp3) is 0.349. The fourth-order valence-corrected chi connectivity index (χ4v) is 9.35. The molecule has 3 heterocycles. The number of sulfone groups is 1. The van der Waals surface area contributed by atoms with Crippen molar-refractivity contribution in [3.05, 3.63) is 105 Å². The van der Waals surface area contributed by atoms with E-state index in [1.165, 1.54) is 50.2 Å². The van der Waals surface area contributed by atoms with Crippen molar-refractivity contribution >= 4 is 64.9 Å². The van der Waals surface area contributed by atoms with Crippen molar-refractivity contribution in [1.29, 1.82) is 0 Å². The molecular formula is C43H34ClF10N7O5S2. The molecule has 1 unspecified atom stereocenters. The van der Waals surface area contributed by atoms with Gasteiger partial charge in [0.1, 0.15) is 40.9 Å². The second-order valence-electron chi connectivity index (χ2n) is 17.1. The lowest BCUT2D eigenvalue weighted by atomic mass is 9.89. The summed E-state index contributed by atoms with van der Waals surface area (Å²) in [7, 11) is -8.15. The van der Waals surface area contributed by atoms with Crippen molar-refractivity contribution < 1.29 is 65.5 Å². The summed E-state index contributed by atoms with van der Waals surface area (Å²) in [6, 6.07) is 8.75. The number of carbonyl (C=O) groups is 1. The van der Waals surface area contributed by atoms with Gasteiger partial charge in [0, 0.05) is 40.3 Å². The molecule has 1 saturated carbocycles. The summed E-state index contributed by atoms with van der Waals surface area (Å²) in [6.07, 6.45) is -9.50. The number of rotatable bonds is 11. The van der Waals surface area contributed by atoms with Gasteiger partial charge in [0.25, 0.3) is 5.92 Å². The molecule has 2 N–H and O–H groups in total. The molecule has 3 aromatic heterocycles. The summed E-state index contributed by atoms with van der Waals surface area (Å²) in [5.74, 6) is -5.25. The van der Waals surface area contributed by atoms with E-state index in [2.05, 4.69) is 32.1 Å². The monoisotopic (exact) mass is 1020 g/mol.